The van der Waals surface area contributed by atoms with Crippen molar-refractivity contribution < 1.29 is 19.4 Å². The second-order valence-electron chi connectivity index (χ2n) is 2.48. The molecule has 1 N–H and O–H groups in total. The highest BCUT2D eigenvalue weighted by atomic mass is 16.5. The molecule has 1 atom stereocenters. The highest BCUT2D eigenvalue weighted by Gasteiger charge is 2.10. The Balaban J connectivity index is 3.46. The average molecular weight is 174 g/mol. The van der Waals surface area contributed by atoms with Gasteiger partial charge in [0.1, 0.15) is 6.29 Å². The molecule has 0 spiro atoms. The van der Waals surface area contributed by atoms with Crippen LogP contribution >= 0.6 is 0 Å². The van der Waals surface area contributed by atoms with E-state index < -0.39 is 12.1 Å². The molecular formula is C8H14O4. The first-order valence-corrected chi connectivity index (χ1v) is 3.98. The first-order chi connectivity index (χ1) is 5.70. The lowest BCUT2D eigenvalue weighted by Crippen LogP contribution is -2.16. The Bertz CT molecular complexity index is 144. The van der Waals surface area contributed by atoms with Gasteiger partial charge in [-0.15, -0.1) is 0 Å². The van der Waals surface area contributed by atoms with Gasteiger partial charge in [-0.05, 0) is 6.42 Å². The van der Waals surface area contributed by atoms with Crippen LogP contribution in [0.1, 0.15) is 26.2 Å². The number of aldehydes is 1. The lowest BCUT2D eigenvalue weighted by molar-refractivity contribution is -0.145. The fourth-order valence-corrected chi connectivity index (χ4v) is 0.662. The predicted octanol–water partition coefficient (Wildman–Crippen LogP) is 0.280. The van der Waals surface area contributed by atoms with E-state index in [-0.39, 0.29) is 12.8 Å². The summed E-state index contributed by atoms with van der Waals surface area (Å²) in [6, 6.07) is 0. The van der Waals surface area contributed by atoms with Crippen LogP contribution in [-0.2, 0) is 14.3 Å². The molecule has 0 rings (SSSR count). The summed E-state index contributed by atoms with van der Waals surface area (Å²) in [5.74, 6) is -0.453. The lowest BCUT2D eigenvalue weighted by atomic mass is 10.2. The van der Waals surface area contributed by atoms with Crippen molar-refractivity contribution in [2.24, 2.45) is 0 Å². The molecule has 4 nitrogen and oxygen atoms in total. The molecule has 0 fully saturated rings. The lowest BCUT2D eigenvalue weighted by Gasteiger charge is -2.06. The van der Waals surface area contributed by atoms with Crippen LogP contribution in [-0.4, -0.2) is 30.1 Å². The summed E-state index contributed by atoms with van der Waals surface area (Å²) in [5.41, 5.74) is 0. The van der Waals surface area contributed by atoms with Crippen molar-refractivity contribution in [1.82, 2.24) is 0 Å². The molecule has 0 saturated heterocycles. The van der Waals surface area contributed by atoms with Gasteiger partial charge >= 0.3 is 5.97 Å². The second-order valence-corrected chi connectivity index (χ2v) is 2.48. The molecule has 0 aromatic carbocycles. The summed E-state index contributed by atoms with van der Waals surface area (Å²) in [7, 11) is 0. The largest absolute Gasteiger partial charge is 0.466 e. The van der Waals surface area contributed by atoms with E-state index >= 15 is 0 Å². The molecule has 0 saturated carbocycles. The fraction of sp³-hybridized carbons (Fsp3) is 0.750. The second kappa shape index (κ2) is 6.79. The molecule has 0 aromatic heterocycles. The zero-order chi connectivity index (χ0) is 9.40. The van der Waals surface area contributed by atoms with Crippen molar-refractivity contribution in [2.45, 2.75) is 32.3 Å². The van der Waals surface area contributed by atoms with Gasteiger partial charge in [-0.1, -0.05) is 6.92 Å². The summed E-state index contributed by atoms with van der Waals surface area (Å²) < 4.78 is 4.69. The molecule has 0 bridgehead atoms. The number of esters is 1. The molecule has 12 heavy (non-hydrogen) atoms. The third-order valence-electron chi connectivity index (χ3n) is 1.24. The van der Waals surface area contributed by atoms with Gasteiger partial charge in [-0.25, -0.2) is 0 Å². The van der Waals surface area contributed by atoms with E-state index in [1.807, 2.05) is 6.92 Å². The number of hydrogen-bond acceptors (Lipinski definition) is 4. The van der Waals surface area contributed by atoms with Gasteiger partial charge in [0.2, 0.25) is 0 Å². The third-order valence-corrected chi connectivity index (χ3v) is 1.24. The van der Waals surface area contributed by atoms with E-state index in [2.05, 4.69) is 0 Å². The molecule has 0 radical (unpaired) electrons. The van der Waals surface area contributed by atoms with Crippen molar-refractivity contribution >= 4 is 12.3 Å². The van der Waals surface area contributed by atoms with E-state index in [9.17, 15) is 9.59 Å². The maximum absolute atomic E-state index is 10.8. The normalized spacial score (nSPS) is 12.2. The van der Waals surface area contributed by atoms with Crippen molar-refractivity contribution in [3.05, 3.63) is 0 Å². The molecule has 0 aliphatic carbocycles. The maximum Gasteiger partial charge on any atom is 0.308 e. The molecule has 4 heteroatoms. The monoisotopic (exact) mass is 174 g/mol. The van der Waals surface area contributed by atoms with Crippen LogP contribution in [0.15, 0.2) is 0 Å². The van der Waals surface area contributed by atoms with Gasteiger partial charge in [0.25, 0.3) is 0 Å². The van der Waals surface area contributed by atoms with Crippen molar-refractivity contribution in [3.63, 3.8) is 0 Å². The Morgan fingerprint density at radius 1 is 1.67 bits per heavy atom. The van der Waals surface area contributed by atoms with Crippen molar-refractivity contribution in [2.75, 3.05) is 6.61 Å². The number of ether oxygens (including phenoxy) is 1. The molecular weight excluding hydrogens is 160 g/mol. The maximum atomic E-state index is 10.8. The van der Waals surface area contributed by atoms with Gasteiger partial charge in [0.05, 0.1) is 19.1 Å². The fourth-order valence-electron chi connectivity index (χ4n) is 0.662. The van der Waals surface area contributed by atoms with Crippen LogP contribution in [0.3, 0.4) is 0 Å². The van der Waals surface area contributed by atoms with Gasteiger partial charge in [0, 0.05) is 6.42 Å². The quantitative estimate of drug-likeness (QED) is 0.464. The van der Waals surface area contributed by atoms with Crippen LogP contribution in [0.25, 0.3) is 0 Å². The average Bonchev–Trinajstić information content (AvgIpc) is 2.01. The van der Waals surface area contributed by atoms with Crippen LogP contribution in [0.5, 0.6) is 0 Å². The van der Waals surface area contributed by atoms with E-state index in [0.29, 0.717) is 12.9 Å². The highest BCUT2D eigenvalue weighted by Crippen LogP contribution is 1.97. The molecule has 1 unspecified atom stereocenters. The van der Waals surface area contributed by atoms with Gasteiger partial charge in [-0.2, -0.15) is 0 Å². The van der Waals surface area contributed by atoms with E-state index in [0.717, 1.165) is 6.42 Å². The first kappa shape index (κ1) is 11.1. The van der Waals surface area contributed by atoms with Gasteiger partial charge in [0.15, 0.2) is 0 Å². The third kappa shape index (κ3) is 5.85. The molecule has 0 aromatic rings. The Kier molecular flexibility index (Phi) is 6.28. The Morgan fingerprint density at radius 3 is 2.83 bits per heavy atom. The number of aliphatic hydroxyl groups excluding tert-OH is 1. The topological polar surface area (TPSA) is 63.6 Å². The molecule has 70 valence electrons. The summed E-state index contributed by atoms with van der Waals surface area (Å²) in [4.78, 5) is 20.7. The first-order valence-electron chi connectivity index (χ1n) is 3.98. The van der Waals surface area contributed by atoms with E-state index in [4.69, 9.17) is 9.84 Å². The minimum absolute atomic E-state index is 0.0127. The number of rotatable bonds is 6. The number of carbonyl (C=O) groups is 2. The van der Waals surface area contributed by atoms with Crippen LogP contribution < -0.4 is 0 Å². The standard InChI is InChI=1S/C8H14O4/c1-2-5-12-8(11)6-7(10)3-4-9/h4,7,10H,2-3,5-6H2,1H3. The molecule has 0 heterocycles. The van der Waals surface area contributed by atoms with E-state index in [1.54, 1.807) is 0 Å². The summed E-state index contributed by atoms with van der Waals surface area (Å²) >= 11 is 0. The SMILES string of the molecule is CCCOC(=O)CC(O)CC=O. The number of carbonyl (C=O) groups excluding carboxylic acids is 2. The van der Waals surface area contributed by atoms with Gasteiger partial charge in [-0.3, -0.25) is 4.79 Å². The molecule has 0 aliphatic rings. The summed E-state index contributed by atoms with van der Waals surface area (Å²) in [5, 5.41) is 8.99. The Labute approximate surface area is 71.5 Å². The highest BCUT2D eigenvalue weighted by molar-refractivity contribution is 5.70. The minimum atomic E-state index is -0.896. The summed E-state index contributed by atoms with van der Waals surface area (Å²) in [6.07, 6.45) is 0.333. The molecule has 0 aliphatic heterocycles. The van der Waals surface area contributed by atoms with Crippen LogP contribution in [0, 0.1) is 0 Å². The summed E-state index contributed by atoms with van der Waals surface area (Å²) in [6.45, 7) is 2.25. The number of hydrogen-bond donors (Lipinski definition) is 1. The zero-order valence-electron chi connectivity index (χ0n) is 7.16. The minimum Gasteiger partial charge on any atom is -0.466 e. The van der Waals surface area contributed by atoms with Crippen molar-refractivity contribution in [3.8, 4) is 0 Å². The zero-order valence-corrected chi connectivity index (χ0v) is 7.16. The predicted molar refractivity (Wildman–Crippen MR) is 42.6 cm³/mol. The Hall–Kier alpha value is -0.900. The molecule has 0 amide bonds. The van der Waals surface area contributed by atoms with Gasteiger partial charge < -0.3 is 14.6 Å². The smallest absolute Gasteiger partial charge is 0.308 e. The number of aliphatic hydroxyl groups is 1. The Morgan fingerprint density at radius 2 is 2.33 bits per heavy atom. The van der Waals surface area contributed by atoms with Crippen LogP contribution in [0.4, 0.5) is 0 Å². The van der Waals surface area contributed by atoms with E-state index in [1.165, 1.54) is 0 Å². The van der Waals surface area contributed by atoms with Crippen molar-refractivity contribution in [1.29, 1.82) is 0 Å². The van der Waals surface area contributed by atoms with Crippen LogP contribution in [0.2, 0.25) is 0 Å².